The molecule has 3 aromatic rings. The normalized spacial score (nSPS) is 16.0. The highest BCUT2D eigenvalue weighted by molar-refractivity contribution is 6.03. The average molecular weight is 377 g/mol. The predicted octanol–water partition coefficient (Wildman–Crippen LogP) is 4.59. The van der Waals surface area contributed by atoms with Gasteiger partial charge in [-0.1, -0.05) is 18.2 Å². The van der Waals surface area contributed by atoms with E-state index < -0.39 is 0 Å². The summed E-state index contributed by atoms with van der Waals surface area (Å²) in [6, 6.07) is 15.9. The molecule has 1 aliphatic rings. The Labute approximate surface area is 163 Å². The van der Waals surface area contributed by atoms with Gasteiger partial charge in [-0.15, -0.1) is 0 Å². The molecule has 1 aromatic heterocycles. The fourth-order valence-electron chi connectivity index (χ4n) is 3.47. The maximum absolute atomic E-state index is 13.5. The van der Waals surface area contributed by atoms with Crippen LogP contribution >= 0.6 is 0 Å². The van der Waals surface area contributed by atoms with Crippen LogP contribution in [0.2, 0.25) is 0 Å². The first kappa shape index (κ1) is 18.0. The summed E-state index contributed by atoms with van der Waals surface area (Å²) >= 11 is 0. The Bertz CT molecular complexity index is 990. The zero-order valence-electron chi connectivity index (χ0n) is 15.7. The van der Waals surface area contributed by atoms with Crippen LogP contribution in [-0.4, -0.2) is 24.9 Å². The smallest absolute Gasteiger partial charge is 0.166 e. The van der Waals surface area contributed by atoms with Crippen LogP contribution in [0.1, 0.15) is 23.6 Å². The van der Waals surface area contributed by atoms with Crippen molar-refractivity contribution in [3.8, 4) is 11.5 Å². The van der Waals surface area contributed by atoms with E-state index in [1.807, 2.05) is 35.3 Å². The highest BCUT2D eigenvalue weighted by Gasteiger charge is 2.33. The molecule has 0 fully saturated rings. The van der Waals surface area contributed by atoms with E-state index in [4.69, 9.17) is 14.6 Å². The number of hydrogen-bond donors (Lipinski definition) is 0. The fourth-order valence-corrected chi connectivity index (χ4v) is 3.47. The number of nitrogens with zero attached hydrogens (tertiary/aromatic N) is 3. The van der Waals surface area contributed by atoms with Crippen molar-refractivity contribution in [2.24, 2.45) is 5.10 Å². The summed E-state index contributed by atoms with van der Waals surface area (Å²) in [5, 5.41) is 6.74. The average Bonchev–Trinajstić information content (AvgIpc) is 3.19. The van der Waals surface area contributed by atoms with Crippen LogP contribution in [-0.2, 0) is 0 Å². The van der Waals surface area contributed by atoms with Crippen molar-refractivity contribution >= 4 is 11.4 Å². The Morgan fingerprint density at radius 3 is 2.50 bits per heavy atom. The molecule has 0 radical (unpaired) electrons. The summed E-state index contributed by atoms with van der Waals surface area (Å²) in [4.78, 5) is 4.20. The van der Waals surface area contributed by atoms with Crippen molar-refractivity contribution in [3.63, 3.8) is 0 Å². The molecule has 0 saturated carbocycles. The number of pyridine rings is 1. The van der Waals surface area contributed by atoms with Crippen LogP contribution in [0.4, 0.5) is 10.1 Å². The summed E-state index contributed by atoms with van der Waals surface area (Å²) in [5.74, 6) is 1.05. The fraction of sp³-hybridized carbons (Fsp3) is 0.182. The van der Waals surface area contributed by atoms with Crippen molar-refractivity contribution in [2.75, 3.05) is 19.2 Å². The van der Waals surface area contributed by atoms with E-state index in [9.17, 15) is 4.39 Å². The van der Waals surface area contributed by atoms with E-state index in [1.54, 1.807) is 38.7 Å². The first-order valence-corrected chi connectivity index (χ1v) is 8.95. The molecular formula is C22H20FN3O2. The predicted molar refractivity (Wildman–Crippen MR) is 107 cm³/mol. The molecule has 2 heterocycles. The van der Waals surface area contributed by atoms with Gasteiger partial charge in [0.05, 0.1) is 31.7 Å². The molecule has 142 valence electrons. The Morgan fingerprint density at radius 1 is 1.00 bits per heavy atom. The highest BCUT2D eigenvalue weighted by Crippen LogP contribution is 2.43. The van der Waals surface area contributed by atoms with Gasteiger partial charge in [0.15, 0.2) is 11.5 Å². The first-order valence-electron chi connectivity index (χ1n) is 8.95. The van der Waals surface area contributed by atoms with E-state index in [0.717, 1.165) is 22.5 Å². The molecule has 2 aromatic carbocycles. The third kappa shape index (κ3) is 3.29. The molecule has 0 amide bonds. The number of hydrazone groups is 1. The number of halogens is 1. The number of ether oxygens (including phenoxy) is 2. The number of benzene rings is 2. The second kappa shape index (κ2) is 7.68. The number of aromatic nitrogens is 1. The zero-order chi connectivity index (χ0) is 19.5. The second-order valence-electron chi connectivity index (χ2n) is 6.41. The number of methoxy groups -OCH3 is 2. The molecule has 0 bridgehead atoms. The minimum Gasteiger partial charge on any atom is -0.493 e. The van der Waals surface area contributed by atoms with E-state index in [2.05, 4.69) is 4.98 Å². The van der Waals surface area contributed by atoms with Crippen LogP contribution in [0.25, 0.3) is 0 Å². The molecular weight excluding hydrogens is 357 g/mol. The quantitative estimate of drug-likeness (QED) is 0.652. The first-order chi connectivity index (χ1) is 13.7. The maximum Gasteiger partial charge on any atom is 0.166 e. The SMILES string of the molecule is COc1cccc([C@H]2CC(c3cccnc3)=NN2c2ccc(F)cc2)c1OC. The lowest BCUT2D eigenvalue weighted by Crippen LogP contribution is -2.19. The minimum absolute atomic E-state index is 0.120. The van der Waals surface area contributed by atoms with Gasteiger partial charge < -0.3 is 9.47 Å². The van der Waals surface area contributed by atoms with Gasteiger partial charge in [0.25, 0.3) is 0 Å². The third-order valence-electron chi connectivity index (χ3n) is 4.79. The van der Waals surface area contributed by atoms with Crippen molar-refractivity contribution in [1.82, 2.24) is 4.98 Å². The Balaban J connectivity index is 1.81. The van der Waals surface area contributed by atoms with Gasteiger partial charge in [0.2, 0.25) is 0 Å². The lowest BCUT2D eigenvalue weighted by atomic mass is 9.97. The minimum atomic E-state index is -0.282. The molecule has 28 heavy (non-hydrogen) atoms. The Morgan fingerprint density at radius 2 is 1.82 bits per heavy atom. The topological polar surface area (TPSA) is 47.0 Å². The van der Waals surface area contributed by atoms with Crippen LogP contribution in [0.15, 0.2) is 72.1 Å². The Hall–Kier alpha value is -3.41. The van der Waals surface area contributed by atoms with Gasteiger partial charge in [0, 0.05) is 29.9 Å². The van der Waals surface area contributed by atoms with Crippen LogP contribution in [0, 0.1) is 5.82 Å². The summed E-state index contributed by atoms with van der Waals surface area (Å²) in [6.07, 6.45) is 4.19. The summed E-state index contributed by atoms with van der Waals surface area (Å²) in [6.45, 7) is 0. The van der Waals surface area contributed by atoms with Gasteiger partial charge in [-0.2, -0.15) is 5.10 Å². The summed E-state index contributed by atoms with van der Waals surface area (Å²) in [5.41, 5.74) is 3.62. The van der Waals surface area contributed by atoms with Gasteiger partial charge in [-0.25, -0.2) is 4.39 Å². The summed E-state index contributed by atoms with van der Waals surface area (Å²) < 4.78 is 24.6. The van der Waals surface area contributed by atoms with Crippen LogP contribution < -0.4 is 14.5 Å². The number of para-hydroxylation sites is 1. The molecule has 0 N–H and O–H groups in total. The molecule has 0 unspecified atom stereocenters. The van der Waals surface area contributed by atoms with Crippen molar-refractivity contribution < 1.29 is 13.9 Å². The molecule has 0 aliphatic carbocycles. The van der Waals surface area contributed by atoms with Gasteiger partial charge in [0.1, 0.15) is 5.82 Å². The van der Waals surface area contributed by atoms with E-state index >= 15 is 0 Å². The van der Waals surface area contributed by atoms with Crippen molar-refractivity contribution in [3.05, 3.63) is 83.9 Å². The largest absolute Gasteiger partial charge is 0.493 e. The van der Waals surface area contributed by atoms with Gasteiger partial charge >= 0.3 is 0 Å². The van der Waals surface area contributed by atoms with Crippen LogP contribution in [0.5, 0.6) is 11.5 Å². The molecule has 1 atom stereocenters. The third-order valence-corrected chi connectivity index (χ3v) is 4.79. The molecule has 5 nitrogen and oxygen atoms in total. The number of anilines is 1. The molecule has 4 rings (SSSR count). The van der Waals surface area contributed by atoms with Gasteiger partial charge in [-0.3, -0.25) is 9.99 Å². The maximum atomic E-state index is 13.5. The highest BCUT2D eigenvalue weighted by atomic mass is 19.1. The number of hydrogen-bond acceptors (Lipinski definition) is 5. The Kier molecular flexibility index (Phi) is 4.93. The lowest BCUT2D eigenvalue weighted by molar-refractivity contribution is 0.349. The van der Waals surface area contributed by atoms with Crippen molar-refractivity contribution in [2.45, 2.75) is 12.5 Å². The molecule has 0 spiro atoms. The summed E-state index contributed by atoms with van der Waals surface area (Å²) in [7, 11) is 3.24. The molecule has 6 heteroatoms. The molecule has 0 saturated heterocycles. The van der Waals surface area contributed by atoms with E-state index in [0.29, 0.717) is 17.9 Å². The van der Waals surface area contributed by atoms with Gasteiger partial charge in [-0.05, 0) is 36.4 Å². The monoisotopic (exact) mass is 377 g/mol. The van der Waals surface area contributed by atoms with E-state index in [1.165, 1.54) is 12.1 Å². The zero-order valence-corrected chi connectivity index (χ0v) is 15.7. The molecule has 1 aliphatic heterocycles. The van der Waals surface area contributed by atoms with E-state index in [-0.39, 0.29) is 11.9 Å². The second-order valence-corrected chi connectivity index (χ2v) is 6.41. The standard InChI is InChI=1S/C22H20FN3O2/c1-27-21-7-3-6-18(22(21)28-2)20-13-19(15-5-4-12-24-14-15)25-26(20)17-10-8-16(23)9-11-17/h3-12,14,20H,13H2,1-2H3/t20-/m1/s1. The van der Waals surface area contributed by atoms with Crippen molar-refractivity contribution in [1.29, 1.82) is 0 Å². The lowest BCUT2D eigenvalue weighted by Gasteiger charge is -2.26. The van der Waals surface area contributed by atoms with Crippen LogP contribution in [0.3, 0.4) is 0 Å². The number of rotatable bonds is 5.